The minimum Gasteiger partial charge on any atom is -0.462 e. The topological polar surface area (TPSA) is 81.8 Å². The van der Waals surface area contributed by atoms with Gasteiger partial charge in [0.25, 0.3) is 0 Å². The molecule has 5 nitrogen and oxygen atoms in total. The molecule has 0 aliphatic heterocycles. The summed E-state index contributed by atoms with van der Waals surface area (Å²) >= 11 is 0. The largest absolute Gasteiger partial charge is 0.462 e. The number of hydrogen-bond acceptors (Lipinski definition) is 5. The van der Waals surface area contributed by atoms with Crippen LogP contribution in [0.2, 0.25) is 0 Å². The zero-order valence-electron chi connectivity index (χ0n) is 7.86. The van der Waals surface area contributed by atoms with Gasteiger partial charge < -0.3 is 20.3 Å². The van der Waals surface area contributed by atoms with Crippen LogP contribution in [0.25, 0.3) is 0 Å². The third kappa shape index (κ3) is 6.51. The fourth-order valence-corrected chi connectivity index (χ4v) is 0.709. The Labute approximate surface area is 77.8 Å². The fraction of sp³-hybridized carbons (Fsp3) is 0.875. The van der Waals surface area contributed by atoms with Gasteiger partial charge in [-0.2, -0.15) is 0 Å². The Balaban J connectivity index is 3.38. The Kier molecular flexibility index (Phi) is 7.57. The number of ether oxygens (including phenoxy) is 2. The zero-order valence-corrected chi connectivity index (χ0v) is 7.86. The van der Waals surface area contributed by atoms with Crippen molar-refractivity contribution in [1.29, 1.82) is 0 Å². The lowest BCUT2D eigenvalue weighted by Gasteiger charge is -2.09. The van der Waals surface area contributed by atoms with E-state index in [1.807, 2.05) is 6.92 Å². The van der Waals surface area contributed by atoms with Crippen LogP contribution in [0.15, 0.2) is 0 Å². The SMILES string of the molecule is CCOCCOC(=O)[C@H](N)CCO. The summed E-state index contributed by atoms with van der Waals surface area (Å²) in [5.41, 5.74) is 5.37. The van der Waals surface area contributed by atoms with Gasteiger partial charge in [-0.3, -0.25) is 4.79 Å². The van der Waals surface area contributed by atoms with Crippen molar-refractivity contribution in [3.8, 4) is 0 Å². The van der Waals surface area contributed by atoms with Crippen molar-refractivity contribution in [2.24, 2.45) is 5.73 Å². The Bertz CT molecular complexity index is 140. The van der Waals surface area contributed by atoms with Crippen molar-refractivity contribution < 1.29 is 19.4 Å². The van der Waals surface area contributed by atoms with E-state index in [2.05, 4.69) is 0 Å². The quantitative estimate of drug-likeness (QED) is 0.410. The van der Waals surface area contributed by atoms with E-state index in [4.69, 9.17) is 20.3 Å². The molecule has 0 saturated carbocycles. The van der Waals surface area contributed by atoms with Gasteiger partial charge in [0.2, 0.25) is 0 Å². The molecule has 0 aromatic heterocycles. The third-order valence-corrected chi connectivity index (χ3v) is 1.42. The van der Waals surface area contributed by atoms with Crippen LogP contribution >= 0.6 is 0 Å². The molecule has 0 rings (SSSR count). The lowest BCUT2D eigenvalue weighted by Crippen LogP contribution is -2.33. The predicted molar refractivity (Wildman–Crippen MR) is 47.1 cm³/mol. The molecule has 0 aliphatic carbocycles. The van der Waals surface area contributed by atoms with Gasteiger partial charge >= 0.3 is 5.97 Å². The molecule has 78 valence electrons. The maximum absolute atomic E-state index is 11.0. The highest BCUT2D eigenvalue weighted by Crippen LogP contribution is 1.91. The molecular weight excluding hydrogens is 174 g/mol. The Morgan fingerprint density at radius 1 is 1.54 bits per heavy atom. The summed E-state index contributed by atoms with van der Waals surface area (Å²) < 4.78 is 9.71. The van der Waals surface area contributed by atoms with Crippen LogP contribution in [0, 0.1) is 0 Å². The Hall–Kier alpha value is -0.650. The summed E-state index contributed by atoms with van der Waals surface area (Å²) in [4.78, 5) is 11.0. The van der Waals surface area contributed by atoms with E-state index in [0.29, 0.717) is 13.2 Å². The molecular formula is C8H17NO4. The monoisotopic (exact) mass is 191 g/mol. The lowest BCUT2D eigenvalue weighted by atomic mass is 10.2. The molecule has 0 aliphatic rings. The second kappa shape index (κ2) is 7.97. The van der Waals surface area contributed by atoms with Crippen molar-refractivity contribution in [3.63, 3.8) is 0 Å². The second-order valence-corrected chi connectivity index (χ2v) is 2.48. The summed E-state index contributed by atoms with van der Waals surface area (Å²) in [6.07, 6.45) is 0.230. The average molecular weight is 191 g/mol. The van der Waals surface area contributed by atoms with E-state index >= 15 is 0 Å². The molecule has 0 aromatic rings. The number of nitrogens with two attached hydrogens (primary N) is 1. The van der Waals surface area contributed by atoms with E-state index in [1.54, 1.807) is 0 Å². The molecule has 1 atom stereocenters. The number of aliphatic hydroxyl groups excluding tert-OH is 1. The van der Waals surface area contributed by atoms with Crippen molar-refractivity contribution in [2.45, 2.75) is 19.4 Å². The number of aliphatic hydroxyl groups is 1. The molecule has 0 bridgehead atoms. The van der Waals surface area contributed by atoms with Crippen molar-refractivity contribution in [1.82, 2.24) is 0 Å². The van der Waals surface area contributed by atoms with Gasteiger partial charge in [-0.05, 0) is 13.3 Å². The third-order valence-electron chi connectivity index (χ3n) is 1.42. The molecule has 0 spiro atoms. The fourth-order valence-electron chi connectivity index (χ4n) is 0.709. The first-order chi connectivity index (χ1) is 6.22. The first-order valence-corrected chi connectivity index (χ1v) is 4.33. The summed E-state index contributed by atoms with van der Waals surface area (Å²) in [7, 11) is 0. The van der Waals surface area contributed by atoms with Crippen LogP contribution in [-0.4, -0.2) is 43.5 Å². The molecule has 0 fully saturated rings. The molecule has 13 heavy (non-hydrogen) atoms. The number of carbonyl (C=O) groups excluding carboxylic acids is 1. The Morgan fingerprint density at radius 3 is 2.77 bits per heavy atom. The van der Waals surface area contributed by atoms with Gasteiger partial charge in [0.05, 0.1) is 6.61 Å². The van der Waals surface area contributed by atoms with E-state index < -0.39 is 12.0 Å². The van der Waals surface area contributed by atoms with Gasteiger partial charge in [-0.1, -0.05) is 0 Å². The highest BCUT2D eigenvalue weighted by atomic mass is 16.6. The summed E-state index contributed by atoms with van der Waals surface area (Å²) in [5, 5.41) is 8.48. The van der Waals surface area contributed by atoms with Crippen LogP contribution in [0.1, 0.15) is 13.3 Å². The average Bonchev–Trinajstić information content (AvgIpc) is 2.12. The van der Waals surface area contributed by atoms with Crippen LogP contribution in [0.3, 0.4) is 0 Å². The van der Waals surface area contributed by atoms with Crippen LogP contribution in [0.4, 0.5) is 0 Å². The van der Waals surface area contributed by atoms with Crippen LogP contribution in [0.5, 0.6) is 0 Å². The minimum absolute atomic E-state index is 0.109. The molecule has 0 unspecified atom stereocenters. The molecule has 0 radical (unpaired) electrons. The van der Waals surface area contributed by atoms with Crippen LogP contribution < -0.4 is 5.73 Å². The minimum atomic E-state index is -0.730. The standard InChI is InChI=1S/C8H17NO4/c1-2-12-5-6-13-8(11)7(9)3-4-10/h7,10H,2-6,9H2,1H3/t7-/m1/s1. The first-order valence-electron chi connectivity index (χ1n) is 4.33. The molecule has 0 saturated heterocycles. The second-order valence-electron chi connectivity index (χ2n) is 2.48. The molecule has 0 aromatic carbocycles. The molecule has 0 amide bonds. The van der Waals surface area contributed by atoms with Crippen LogP contribution in [-0.2, 0) is 14.3 Å². The predicted octanol–water partition coefficient (Wildman–Crippen LogP) is -0.724. The number of esters is 1. The highest BCUT2D eigenvalue weighted by molar-refractivity contribution is 5.75. The van der Waals surface area contributed by atoms with E-state index in [-0.39, 0.29) is 19.6 Å². The van der Waals surface area contributed by atoms with E-state index in [1.165, 1.54) is 0 Å². The van der Waals surface area contributed by atoms with Crippen molar-refractivity contribution in [2.75, 3.05) is 26.4 Å². The van der Waals surface area contributed by atoms with Crippen molar-refractivity contribution >= 4 is 5.97 Å². The van der Waals surface area contributed by atoms with E-state index in [0.717, 1.165) is 0 Å². The number of rotatable bonds is 7. The smallest absolute Gasteiger partial charge is 0.323 e. The maximum Gasteiger partial charge on any atom is 0.323 e. The van der Waals surface area contributed by atoms with E-state index in [9.17, 15) is 4.79 Å². The van der Waals surface area contributed by atoms with Gasteiger partial charge in [-0.15, -0.1) is 0 Å². The molecule has 5 heteroatoms. The van der Waals surface area contributed by atoms with Gasteiger partial charge in [-0.25, -0.2) is 0 Å². The summed E-state index contributed by atoms with van der Waals surface area (Å²) in [6.45, 7) is 2.95. The summed E-state index contributed by atoms with van der Waals surface area (Å²) in [5.74, 6) is -0.492. The number of carbonyl (C=O) groups is 1. The Morgan fingerprint density at radius 2 is 2.23 bits per heavy atom. The molecule has 3 N–H and O–H groups in total. The highest BCUT2D eigenvalue weighted by Gasteiger charge is 2.13. The maximum atomic E-state index is 11.0. The summed E-state index contributed by atoms with van der Waals surface area (Å²) in [6, 6.07) is -0.730. The van der Waals surface area contributed by atoms with Gasteiger partial charge in [0.15, 0.2) is 0 Å². The van der Waals surface area contributed by atoms with Crippen molar-refractivity contribution in [3.05, 3.63) is 0 Å². The lowest BCUT2D eigenvalue weighted by molar-refractivity contribution is -0.147. The normalized spacial score (nSPS) is 12.5. The van der Waals surface area contributed by atoms with Gasteiger partial charge in [0.1, 0.15) is 12.6 Å². The first kappa shape index (κ1) is 12.3. The van der Waals surface area contributed by atoms with Gasteiger partial charge in [0, 0.05) is 13.2 Å². The molecule has 0 heterocycles. The zero-order chi connectivity index (χ0) is 10.1. The number of hydrogen-bond donors (Lipinski definition) is 2.